The highest BCUT2D eigenvalue weighted by atomic mass is 19.4. The van der Waals surface area contributed by atoms with Gasteiger partial charge >= 0.3 is 12.4 Å². The maximum absolute atomic E-state index is 14.1. The van der Waals surface area contributed by atoms with Gasteiger partial charge in [-0.05, 0) is 42.6 Å². The van der Waals surface area contributed by atoms with Gasteiger partial charge in [0.1, 0.15) is 5.69 Å². The summed E-state index contributed by atoms with van der Waals surface area (Å²) in [7, 11) is 0. The number of aromatic nitrogens is 2. The summed E-state index contributed by atoms with van der Waals surface area (Å²) in [4.78, 5) is 0. The molecule has 1 unspecified atom stereocenters. The molecule has 1 aliphatic carbocycles. The van der Waals surface area contributed by atoms with Gasteiger partial charge in [0.15, 0.2) is 5.83 Å². The summed E-state index contributed by atoms with van der Waals surface area (Å²) < 4.78 is 91.9. The molecule has 0 bridgehead atoms. The number of alkyl halides is 6. The zero-order valence-corrected chi connectivity index (χ0v) is 13.6. The monoisotopic (exact) mass is 384 g/mol. The number of aryl methyl sites for hydroxylation is 1. The maximum atomic E-state index is 14.1. The Hall–Kier alpha value is -2.10. The fourth-order valence-electron chi connectivity index (χ4n) is 2.74. The van der Waals surface area contributed by atoms with Crippen LogP contribution in [0.5, 0.6) is 0 Å². The van der Waals surface area contributed by atoms with E-state index in [9.17, 15) is 35.8 Å². The van der Waals surface area contributed by atoms with Crippen molar-refractivity contribution >= 4 is 5.83 Å². The molecule has 0 spiro atoms. The summed E-state index contributed by atoms with van der Waals surface area (Å²) >= 11 is 0. The Morgan fingerprint density at radius 3 is 2.19 bits per heavy atom. The lowest BCUT2D eigenvalue weighted by atomic mass is 9.77. The van der Waals surface area contributed by atoms with Crippen molar-refractivity contribution in [3.05, 3.63) is 46.8 Å². The number of H-pyrrole nitrogens is 1. The first-order valence-electron chi connectivity index (χ1n) is 7.44. The zero-order valence-electron chi connectivity index (χ0n) is 13.6. The lowest BCUT2D eigenvalue weighted by molar-refractivity contribution is -0.354. The normalized spacial score (nSPS) is 20.1. The topological polar surface area (TPSA) is 48.9 Å². The van der Waals surface area contributed by atoms with Gasteiger partial charge in [-0.25, -0.2) is 4.39 Å². The van der Waals surface area contributed by atoms with Crippen LogP contribution in [0.25, 0.3) is 5.83 Å². The molecular weight excluding hydrogens is 369 g/mol. The van der Waals surface area contributed by atoms with Crippen molar-refractivity contribution in [1.82, 2.24) is 10.2 Å². The fraction of sp³-hybridized carbons (Fsp3) is 0.438. The third kappa shape index (κ3) is 3.55. The largest absolute Gasteiger partial charge is 0.430 e. The molecule has 0 saturated carbocycles. The number of nitrogens with zero attached hydrogens (tertiary/aromatic N) is 1. The first-order valence-corrected chi connectivity index (χ1v) is 7.44. The zero-order chi connectivity index (χ0) is 19.9. The molecular formula is C16H15F7N2O. The third-order valence-electron chi connectivity index (χ3n) is 4.05. The van der Waals surface area contributed by atoms with Gasteiger partial charge < -0.3 is 5.11 Å². The van der Waals surface area contributed by atoms with Crippen molar-refractivity contribution in [2.75, 3.05) is 0 Å². The molecule has 0 aromatic carbocycles. The maximum Gasteiger partial charge on any atom is 0.430 e. The van der Waals surface area contributed by atoms with Gasteiger partial charge in [-0.2, -0.15) is 31.4 Å². The summed E-state index contributed by atoms with van der Waals surface area (Å²) in [5.74, 6) is -2.10. The van der Waals surface area contributed by atoms with Crippen LogP contribution in [0.3, 0.4) is 0 Å². The molecule has 1 aromatic rings. The van der Waals surface area contributed by atoms with Crippen LogP contribution in [0.4, 0.5) is 30.7 Å². The van der Waals surface area contributed by atoms with Crippen molar-refractivity contribution in [3.63, 3.8) is 0 Å². The molecule has 2 rings (SSSR count). The van der Waals surface area contributed by atoms with E-state index in [2.05, 4.69) is 10.2 Å². The van der Waals surface area contributed by atoms with Gasteiger partial charge in [-0.1, -0.05) is 19.1 Å². The number of aliphatic hydroxyl groups is 1. The predicted octanol–water partition coefficient (Wildman–Crippen LogP) is 4.78. The van der Waals surface area contributed by atoms with Gasteiger partial charge in [0.25, 0.3) is 5.60 Å². The molecule has 0 saturated heterocycles. The number of hydrogen-bond acceptors (Lipinski definition) is 2. The van der Waals surface area contributed by atoms with Crippen molar-refractivity contribution in [2.45, 2.75) is 38.2 Å². The first-order chi connectivity index (χ1) is 11.8. The van der Waals surface area contributed by atoms with Crippen LogP contribution in [0, 0.1) is 12.8 Å². The van der Waals surface area contributed by atoms with Crippen LogP contribution in [0.15, 0.2) is 35.4 Å². The summed E-state index contributed by atoms with van der Waals surface area (Å²) in [6.45, 7) is 2.74. The highest BCUT2D eigenvalue weighted by Crippen LogP contribution is 2.51. The molecule has 0 radical (unpaired) electrons. The Morgan fingerprint density at radius 1 is 1.19 bits per heavy atom. The predicted molar refractivity (Wildman–Crippen MR) is 79.4 cm³/mol. The second-order valence-corrected chi connectivity index (χ2v) is 6.10. The fourth-order valence-corrected chi connectivity index (χ4v) is 2.74. The lowest BCUT2D eigenvalue weighted by Crippen LogP contribution is -2.59. The minimum atomic E-state index is -5.94. The number of allylic oxidation sites excluding steroid dienone is 4. The number of rotatable bonds is 3. The van der Waals surface area contributed by atoms with Crippen LogP contribution < -0.4 is 0 Å². The van der Waals surface area contributed by atoms with E-state index in [0.29, 0.717) is 11.8 Å². The minimum Gasteiger partial charge on any atom is -0.370 e. The van der Waals surface area contributed by atoms with Crippen LogP contribution in [-0.2, 0) is 0 Å². The minimum absolute atomic E-state index is 0.0343. The van der Waals surface area contributed by atoms with Crippen LogP contribution in [0.1, 0.15) is 24.7 Å². The van der Waals surface area contributed by atoms with E-state index in [4.69, 9.17) is 0 Å². The molecule has 26 heavy (non-hydrogen) atoms. The van der Waals surface area contributed by atoms with Crippen molar-refractivity contribution < 1.29 is 35.8 Å². The molecule has 1 aromatic heterocycles. The first kappa shape index (κ1) is 20.2. The molecule has 0 fully saturated rings. The molecule has 1 atom stereocenters. The summed E-state index contributed by atoms with van der Waals surface area (Å²) in [6, 6.07) is 1.39. The van der Waals surface area contributed by atoms with Crippen molar-refractivity contribution in [3.8, 4) is 0 Å². The van der Waals surface area contributed by atoms with Gasteiger partial charge in [0, 0.05) is 5.69 Å². The summed E-state index contributed by atoms with van der Waals surface area (Å²) in [5.41, 5.74) is -5.47. The molecule has 1 heterocycles. The molecule has 144 valence electrons. The number of hydrogen-bond donors (Lipinski definition) is 2. The highest BCUT2D eigenvalue weighted by molar-refractivity contribution is 5.60. The highest BCUT2D eigenvalue weighted by Gasteiger charge is 2.72. The molecule has 1 aliphatic rings. The van der Waals surface area contributed by atoms with Gasteiger partial charge in [-0.15, -0.1) is 0 Å². The van der Waals surface area contributed by atoms with Crippen molar-refractivity contribution in [1.29, 1.82) is 0 Å². The lowest BCUT2D eigenvalue weighted by Gasteiger charge is -2.38. The molecule has 0 aliphatic heterocycles. The van der Waals surface area contributed by atoms with Gasteiger partial charge in [-0.3, -0.25) is 5.10 Å². The van der Waals surface area contributed by atoms with E-state index in [0.717, 1.165) is 19.1 Å². The van der Waals surface area contributed by atoms with E-state index in [1.807, 2.05) is 0 Å². The summed E-state index contributed by atoms with van der Waals surface area (Å²) in [6.07, 6.45) is -9.73. The average Bonchev–Trinajstić information content (AvgIpc) is 2.91. The van der Waals surface area contributed by atoms with Crippen LogP contribution in [0.2, 0.25) is 0 Å². The molecule has 0 amide bonds. The van der Waals surface area contributed by atoms with Crippen LogP contribution >= 0.6 is 0 Å². The number of aromatic amines is 1. The van der Waals surface area contributed by atoms with E-state index in [-0.39, 0.29) is 17.7 Å². The molecule has 3 nitrogen and oxygen atoms in total. The molecule has 2 N–H and O–H groups in total. The van der Waals surface area contributed by atoms with E-state index in [1.165, 1.54) is 6.07 Å². The van der Waals surface area contributed by atoms with Gasteiger partial charge in [0.2, 0.25) is 0 Å². The van der Waals surface area contributed by atoms with Crippen LogP contribution in [-0.4, -0.2) is 33.3 Å². The Bertz CT molecular complexity index is 754. The number of nitrogens with one attached hydrogen (secondary N) is 1. The average molecular weight is 384 g/mol. The standard InChI is InChI=1S/C16H15F7N2O/c1-8-5-10(7-12(17)13-6-9(2)24-25-13)3-4-11(8)14(26,15(18,19)20)16(21,22)23/h3-4,6-8,26H,5H2,1-2H3,(H,24,25)/b12-7-. The quantitative estimate of drug-likeness (QED) is 0.737. The molecule has 10 heteroatoms. The van der Waals surface area contributed by atoms with Gasteiger partial charge in [0.05, 0.1) is 0 Å². The third-order valence-corrected chi connectivity index (χ3v) is 4.05. The van der Waals surface area contributed by atoms with E-state index < -0.39 is 35.3 Å². The second-order valence-electron chi connectivity index (χ2n) is 6.10. The van der Waals surface area contributed by atoms with Crippen molar-refractivity contribution in [2.24, 2.45) is 5.92 Å². The van der Waals surface area contributed by atoms with E-state index >= 15 is 0 Å². The Kier molecular flexibility index (Phi) is 5.10. The Labute approximate surface area is 143 Å². The number of halogens is 7. The summed E-state index contributed by atoms with van der Waals surface area (Å²) in [5, 5.41) is 15.7. The smallest absolute Gasteiger partial charge is 0.370 e. The van der Waals surface area contributed by atoms with E-state index in [1.54, 1.807) is 6.92 Å². The Morgan fingerprint density at radius 2 is 1.77 bits per heavy atom. The Balaban J connectivity index is 2.42. The SMILES string of the molecule is Cc1cc(/C(F)=C/C2=CC=C(C(O)(C(F)(F)F)C(F)(F)F)C(C)C2)n[nH]1. The second kappa shape index (κ2) is 6.57.